The molecule has 1 saturated heterocycles. The van der Waals surface area contributed by atoms with Crippen LogP contribution in [0.4, 0.5) is 0 Å². The number of ether oxygens (including phenoxy) is 1. The van der Waals surface area contributed by atoms with E-state index in [1.807, 2.05) is 0 Å². The average Bonchev–Trinajstić information content (AvgIpc) is 2.68. The Kier molecular flexibility index (Phi) is 7.04. The van der Waals surface area contributed by atoms with Gasteiger partial charge in [-0.15, -0.1) is 0 Å². The molecule has 1 fully saturated rings. The van der Waals surface area contributed by atoms with Gasteiger partial charge < -0.3 is 9.84 Å². The Morgan fingerprint density at radius 2 is 1.60 bits per heavy atom. The number of rotatable bonds is 8. The molecule has 0 radical (unpaired) electrons. The highest BCUT2D eigenvalue weighted by molar-refractivity contribution is 5.32. The van der Waals surface area contributed by atoms with Gasteiger partial charge in [0.25, 0.3) is 0 Å². The van der Waals surface area contributed by atoms with Gasteiger partial charge in [-0.2, -0.15) is 0 Å². The van der Waals surface area contributed by atoms with Gasteiger partial charge in [0.15, 0.2) is 0 Å². The molecule has 3 rings (SSSR count). The quantitative estimate of drug-likeness (QED) is 0.745. The van der Waals surface area contributed by atoms with E-state index in [9.17, 15) is 0 Å². The van der Waals surface area contributed by atoms with Gasteiger partial charge >= 0.3 is 0 Å². The predicted octanol–water partition coefficient (Wildman–Crippen LogP) is 3.68. The first-order valence-corrected chi connectivity index (χ1v) is 9.41. The summed E-state index contributed by atoms with van der Waals surface area (Å²) in [4.78, 5) is 2.48. The molecule has 0 bridgehead atoms. The van der Waals surface area contributed by atoms with Crippen molar-refractivity contribution in [1.82, 2.24) is 4.90 Å². The van der Waals surface area contributed by atoms with Crippen LogP contribution in [0.2, 0.25) is 0 Å². The lowest BCUT2D eigenvalue weighted by Crippen LogP contribution is -2.43. The number of nitrogens with zero attached hydrogens (tertiary/aromatic N) is 1. The van der Waals surface area contributed by atoms with E-state index < -0.39 is 0 Å². The molecule has 1 aliphatic rings. The number of morpholine rings is 1. The van der Waals surface area contributed by atoms with E-state index in [1.54, 1.807) is 0 Å². The molecule has 0 aromatic heterocycles. The lowest BCUT2D eigenvalue weighted by Gasteiger charge is -2.35. The van der Waals surface area contributed by atoms with E-state index >= 15 is 0 Å². The van der Waals surface area contributed by atoms with E-state index in [0.29, 0.717) is 5.92 Å². The Bertz CT molecular complexity index is 562. The molecular weight excluding hydrogens is 310 g/mol. The lowest BCUT2D eigenvalue weighted by molar-refractivity contribution is -0.0342. The SMILES string of the molecule is OCCCCN1CCO[C@H](CC(c2ccccc2)c2ccccc2)C1. The second-order valence-electron chi connectivity index (χ2n) is 6.83. The highest BCUT2D eigenvalue weighted by Gasteiger charge is 2.25. The van der Waals surface area contributed by atoms with Crippen LogP contribution in [0.5, 0.6) is 0 Å². The summed E-state index contributed by atoms with van der Waals surface area (Å²) < 4.78 is 6.10. The number of benzene rings is 2. The highest BCUT2D eigenvalue weighted by Crippen LogP contribution is 2.30. The monoisotopic (exact) mass is 339 g/mol. The van der Waals surface area contributed by atoms with Crippen LogP contribution in [-0.2, 0) is 4.74 Å². The first-order valence-electron chi connectivity index (χ1n) is 9.41. The van der Waals surface area contributed by atoms with Crippen LogP contribution in [0.1, 0.15) is 36.3 Å². The van der Waals surface area contributed by atoms with Crippen molar-refractivity contribution in [3.63, 3.8) is 0 Å². The molecule has 3 heteroatoms. The fourth-order valence-electron chi connectivity index (χ4n) is 3.67. The smallest absolute Gasteiger partial charge is 0.0711 e. The first kappa shape index (κ1) is 18.1. The normalized spacial score (nSPS) is 18.6. The number of hydrogen-bond acceptors (Lipinski definition) is 3. The molecule has 25 heavy (non-hydrogen) atoms. The molecule has 1 aliphatic heterocycles. The van der Waals surface area contributed by atoms with Gasteiger partial charge in [-0.3, -0.25) is 4.90 Å². The van der Waals surface area contributed by atoms with Crippen LogP contribution in [0, 0.1) is 0 Å². The molecular formula is C22H29NO2. The molecule has 1 atom stereocenters. The summed E-state index contributed by atoms with van der Waals surface area (Å²) in [7, 11) is 0. The van der Waals surface area contributed by atoms with Gasteiger partial charge in [0.1, 0.15) is 0 Å². The van der Waals surface area contributed by atoms with Crippen molar-refractivity contribution in [2.24, 2.45) is 0 Å². The molecule has 2 aromatic carbocycles. The zero-order valence-electron chi connectivity index (χ0n) is 14.9. The third-order valence-corrected chi connectivity index (χ3v) is 5.01. The van der Waals surface area contributed by atoms with Crippen molar-refractivity contribution in [3.8, 4) is 0 Å². The maximum atomic E-state index is 8.98. The Morgan fingerprint density at radius 3 is 2.20 bits per heavy atom. The largest absolute Gasteiger partial charge is 0.396 e. The van der Waals surface area contributed by atoms with Crippen LogP contribution in [0.3, 0.4) is 0 Å². The Labute approximate surface area is 151 Å². The molecule has 0 spiro atoms. The summed E-state index contributed by atoms with van der Waals surface area (Å²) in [5, 5.41) is 8.98. The zero-order chi connectivity index (χ0) is 17.3. The third kappa shape index (κ3) is 5.40. The van der Waals surface area contributed by atoms with Crippen molar-refractivity contribution in [2.45, 2.75) is 31.3 Å². The number of unbranched alkanes of at least 4 members (excludes halogenated alkanes) is 1. The average molecular weight is 339 g/mol. The zero-order valence-corrected chi connectivity index (χ0v) is 14.9. The molecule has 1 heterocycles. The fourth-order valence-corrected chi connectivity index (χ4v) is 3.67. The predicted molar refractivity (Wildman–Crippen MR) is 102 cm³/mol. The molecule has 3 nitrogen and oxygen atoms in total. The van der Waals surface area contributed by atoms with Crippen LogP contribution in [0.25, 0.3) is 0 Å². The minimum Gasteiger partial charge on any atom is -0.396 e. The van der Waals surface area contributed by atoms with E-state index in [-0.39, 0.29) is 12.7 Å². The second kappa shape index (κ2) is 9.71. The standard InChI is InChI=1S/C22H29NO2/c24-15-8-7-13-23-14-16-25-21(18-23)17-22(19-9-3-1-4-10-19)20-11-5-2-6-12-20/h1-6,9-12,21-22,24H,7-8,13-18H2/t21-/m1/s1. The van der Waals surface area contributed by atoms with Gasteiger partial charge in [-0.25, -0.2) is 0 Å². The summed E-state index contributed by atoms with van der Waals surface area (Å²) in [6, 6.07) is 21.5. The number of aliphatic hydroxyl groups is 1. The number of aliphatic hydroxyl groups excluding tert-OH is 1. The molecule has 134 valence electrons. The van der Waals surface area contributed by atoms with E-state index in [0.717, 1.165) is 45.5 Å². The summed E-state index contributed by atoms with van der Waals surface area (Å²) >= 11 is 0. The maximum Gasteiger partial charge on any atom is 0.0711 e. The van der Waals surface area contributed by atoms with Crippen molar-refractivity contribution in [3.05, 3.63) is 71.8 Å². The summed E-state index contributed by atoms with van der Waals surface area (Å²) in [5.74, 6) is 0.366. The van der Waals surface area contributed by atoms with Crippen LogP contribution < -0.4 is 0 Å². The fraction of sp³-hybridized carbons (Fsp3) is 0.455. The van der Waals surface area contributed by atoms with Crippen molar-refractivity contribution in [1.29, 1.82) is 0 Å². The third-order valence-electron chi connectivity index (χ3n) is 5.01. The van der Waals surface area contributed by atoms with Crippen molar-refractivity contribution < 1.29 is 9.84 Å². The van der Waals surface area contributed by atoms with Gasteiger partial charge in [-0.05, 0) is 36.9 Å². The van der Waals surface area contributed by atoms with E-state index in [4.69, 9.17) is 9.84 Å². The van der Waals surface area contributed by atoms with Gasteiger partial charge in [0.2, 0.25) is 0 Å². The minimum atomic E-state index is 0.258. The van der Waals surface area contributed by atoms with Crippen LogP contribution in [0.15, 0.2) is 60.7 Å². The van der Waals surface area contributed by atoms with Gasteiger partial charge in [0, 0.05) is 25.6 Å². The highest BCUT2D eigenvalue weighted by atomic mass is 16.5. The van der Waals surface area contributed by atoms with Gasteiger partial charge in [0.05, 0.1) is 12.7 Å². The van der Waals surface area contributed by atoms with Crippen LogP contribution in [-0.4, -0.2) is 49.0 Å². The van der Waals surface area contributed by atoms with Crippen molar-refractivity contribution >= 4 is 0 Å². The summed E-state index contributed by atoms with van der Waals surface area (Å²) in [6.45, 7) is 4.14. The van der Waals surface area contributed by atoms with Gasteiger partial charge in [-0.1, -0.05) is 60.7 Å². The number of hydrogen-bond donors (Lipinski definition) is 1. The molecule has 2 aromatic rings. The molecule has 0 aliphatic carbocycles. The minimum absolute atomic E-state index is 0.258. The van der Waals surface area contributed by atoms with E-state index in [2.05, 4.69) is 65.6 Å². The summed E-state index contributed by atoms with van der Waals surface area (Å²) in [6.07, 6.45) is 3.21. The summed E-state index contributed by atoms with van der Waals surface area (Å²) in [5.41, 5.74) is 2.71. The second-order valence-corrected chi connectivity index (χ2v) is 6.83. The maximum absolute atomic E-state index is 8.98. The van der Waals surface area contributed by atoms with E-state index in [1.165, 1.54) is 11.1 Å². The van der Waals surface area contributed by atoms with Crippen molar-refractivity contribution in [2.75, 3.05) is 32.8 Å². The molecule has 0 saturated carbocycles. The Balaban J connectivity index is 1.68. The molecule has 0 unspecified atom stereocenters. The lowest BCUT2D eigenvalue weighted by atomic mass is 9.86. The molecule has 0 amide bonds. The topological polar surface area (TPSA) is 32.7 Å². The Hall–Kier alpha value is -1.68. The van der Waals surface area contributed by atoms with Crippen LogP contribution >= 0.6 is 0 Å². The first-order chi connectivity index (χ1) is 12.4. The Morgan fingerprint density at radius 1 is 0.960 bits per heavy atom. The molecule has 1 N–H and O–H groups in total.